The van der Waals surface area contributed by atoms with Crippen molar-refractivity contribution in [3.05, 3.63) is 0 Å². The van der Waals surface area contributed by atoms with Gasteiger partial charge in [0, 0.05) is 12.6 Å². The van der Waals surface area contributed by atoms with E-state index >= 15 is 0 Å². The summed E-state index contributed by atoms with van der Waals surface area (Å²) in [6.45, 7) is 4.69. The lowest BCUT2D eigenvalue weighted by atomic mass is 9.95. The number of hydrogen-bond acceptors (Lipinski definition) is 3. The van der Waals surface area contributed by atoms with Gasteiger partial charge in [-0.2, -0.15) is 0 Å². The van der Waals surface area contributed by atoms with E-state index in [1.54, 1.807) is 0 Å². The first kappa shape index (κ1) is 12.8. The summed E-state index contributed by atoms with van der Waals surface area (Å²) in [7, 11) is 1.85. The summed E-state index contributed by atoms with van der Waals surface area (Å²) in [4.78, 5) is 14.2. The number of hydrogen-bond donors (Lipinski definition) is 2. The molecule has 2 fully saturated rings. The molecule has 0 aromatic rings. The Morgan fingerprint density at radius 2 is 2.24 bits per heavy atom. The molecule has 0 aromatic heterocycles. The number of piperidine rings is 1. The summed E-state index contributed by atoms with van der Waals surface area (Å²) in [5, 5.41) is 3.16. The van der Waals surface area contributed by atoms with Gasteiger partial charge in [0.2, 0.25) is 5.91 Å². The molecule has 17 heavy (non-hydrogen) atoms. The summed E-state index contributed by atoms with van der Waals surface area (Å²) < 4.78 is 0. The maximum atomic E-state index is 11.6. The molecular formula is C13H25N3O. The molecule has 0 aromatic carbocycles. The number of nitrogens with two attached hydrogens (primary N) is 1. The van der Waals surface area contributed by atoms with Crippen molar-refractivity contribution in [2.24, 2.45) is 11.7 Å². The Labute approximate surface area is 104 Å². The fourth-order valence-electron chi connectivity index (χ4n) is 3.46. The Morgan fingerprint density at radius 1 is 1.47 bits per heavy atom. The Kier molecular flexibility index (Phi) is 3.73. The second-order valence-corrected chi connectivity index (χ2v) is 5.84. The van der Waals surface area contributed by atoms with Gasteiger partial charge in [-0.05, 0) is 51.6 Å². The van der Waals surface area contributed by atoms with E-state index < -0.39 is 5.54 Å². The molecule has 3 N–H and O–H groups in total. The van der Waals surface area contributed by atoms with Crippen molar-refractivity contribution in [1.29, 1.82) is 0 Å². The fraction of sp³-hybridized carbons (Fsp3) is 0.923. The lowest BCUT2D eigenvalue weighted by molar-refractivity contribution is -0.124. The molecule has 0 bridgehead atoms. The van der Waals surface area contributed by atoms with Crippen LogP contribution < -0.4 is 11.1 Å². The summed E-state index contributed by atoms with van der Waals surface area (Å²) in [6.07, 6.45) is 5.49. The van der Waals surface area contributed by atoms with Gasteiger partial charge in [0.05, 0.1) is 5.54 Å². The van der Waals surface area contributed by atoms with Crippen LogP contribution in [0.4, 0.5) is 0 Å². The number of nitrogens with zero attached hydrogens (tertiary/aromatic N) is 1. The first-order valence-corrected chi connectivity index (χ1v) is 6.80. The topological polar surface area (TPSA) is 58.4 Å². The molecular weight excluding hydrogens is 214 g/mol. The second-order valence-electron chi connectivity index (χ2n) is 5.84. The van der Waals surface area contributed by atoms with E-state index in [0.29, 0.717) is 6.04 Å². The third kappa shape index (κ3) is 2.47. The number of carbonyl (C=O) groups excluding carboxylic acids is 1. The molecule has 0 radical (unpaired) electrons. The van der Waals surface area contributed by atoms with Crippen molar-refractivity contribution in [3.63, 3.8) is 0 Å². The SMILES string of the molecule is CNC1(C(N)=O)CCC(N2CCCC(C)C2)C1. The minimum atomic E-state index is -0.453. The molecule has 1 heterocycles. The van der Waals surface area contributed by atoms with Crippen molar-refractivity contribution >= 4 is 5.91 Å². The van der Waals surface area contributed by atoms with Crippen LogP contribution in [0.15, 0.2) is 0 Å². The number of nitrogens with one attached hydrogen (secondary N) is 1. The zero-order valence-electron chi connectivity index (χ0n) is 11.0. The summed E-state index contributed by atoms with van der Waals surface area (Å²) in [5.41, 5.74) is 5.09. The molecule has 1 aliphatic carbocycles. The van der Waals surface area contributed by atoms with Crippen molar-refractivity contribution < 1.29 is 4.79 Å². The van der Waals surface area contributed by atoms with Crippen LogP contribution in [-0.4, -0.2) is 42.5 Å². The summed E-state index contributed by atoms with van der Waals surface area (Å²) >= 11 is 0. The fourth-order valence-corrected chi connectivity index (χ4v) is 3.46. The monoisotopic (exact) mass is 239 g/mol. The predicted octanol–water partition coefficient (Wildman–Crippen LogP) is 0.714. The molecule has 1 aliphatic heterocycles. The van der Waals surface area contributed by atoms with Crippen LogP contribution in [0.3, 0.4) is 0 Å². The van der Waals surface area contributed by atoms with Gasteiger partial charge in [-0.3, -0.25) is 4.79 Å². The highest BCUT2D eigenvalue weighted by atomic mass is 16.1. The van der Waals surface area contributed by atoms with Crippen LogP contribution >= 0.6 is 0 Å². The van der Waals surface area contributed by atoms with Gasteiger partial charge in [0.1, 0.15) is 0 Å². The summed E-state index contributed by atoms with van der Waals surface area (Å²) in [6, 6.07) is 0.540. The average Bonchev–Trinajstić information content (AvgIpc) is 2.74. The largest absolute Gasteiger partial charge is 0.368 e. The lowest BCUT2D eigenvalue weighted by Crippen LogP contribution is -2.53. The predicted molar refractivity (Wildman–Crippen MR) is 68.6 cm³/mol. The molecule has 1 saturated carbocycles. The quantitative estimate of drug-likeness (QED) is 0.763. The molecule has 2 rings (SSSR count). The minimum Gasteiger partial charge on any atom is -0.368 e. The third-order valence-corrected chi connectivity index (χ3v) is 4.64. The average molecular weight is 239 g/mol. The number of likely N-dealkylation sites (tertiary alicyclic amines) is 1. The van der Waals surface area contributed by atoms with Crippen LogP contribution in [0.25, 0.3) is 0 Å². The van der Waals surface area contributed by atoms with E-state index in [-0.39, 0.29) is 5.91 Å². The van der Waals surface area contributed by atoms with Gasteiger partial charge < -0.3 is 16.0 Å². The zero-order chi connectivity index (χ0) is 12.5. The van der Waals surface area contributed by atoms with Crippen LogP contribution in [-0.2, 0) is 4.79 Å². The molecule has 3 atom stereocenters. The van der Waals surface area contributed by atoms with Crippen molar-refractivity contribution in [3.8, 4) is 0 Å². The van der Waals surface area contributed by atoms with E-state index in [0.717, 1.165) is 25.2 Å². The minimum absolute atomic E-state index is 0.187. The third-order valence-electron chi connectivity index (χ3n) is 4.64. The van der Waals surface area contributed by atoms with Gasteiger partial charge in [-0.25, -0.2) is 0 Å². The Hall–Kier alpha value is -0.610. The van der Waals surface area contributed by atoms with Gasteiger partial charge in [0.25, 0.3) is 0 Å². The highest BCUT2D eigenvalue weighted by molar-refractivity contribution is 5.85. The van der Waals surface area contributed by atoms with E-state index in [1.165, 1.54) is 25.9 Å². The molecule has 2 aliphatic rings. The Morgan fingerprint density at radius 3 is 2.76 bits per heavy atom. The van der Waals surface area contributed by atoms with Crippen LogP contribution in [0.5, 0.6) is 0 Å². The summed E-state index contributed by atoms with van der Waals surface area (Å²) in [5.74, 6) is 0.606. The van der Waals surface area contributed by atoms with E-state index in [9.17, 15) is 4.79 Å². The molecule has 0 spiro atoms. The molecule has 1 amide bonds. The van der Waals surface area contributed by atoms with E-state index in [4.69, 9.17) is 5.73 Å². The first-order chi connectivity index (χ1) is 8.07. The normalized spacial score (nSPS) is 39.4. The van der Waals surface area contributed by atoms with E-state index in [2.05, 4.69) is 17.1 Å². The highest BCUT2D eigenvalue weighted by Gasteiger charge is 2.44. The van der Waals surface area contributed by atoms with Crippen molar-refractivity contribution in [2.45, 2.75) is 50.6 Å². The van der Waals surface area contributed by atoms with Gasteiger partial charge in [-0.1, -0.05) is 6.92 Å². The number of primary amides is 1. The van der Waals surface area contributed by atoms with Gasteiger partial charge in [-0.15, -0.1) is 0 Å². The van der Waals surface area contributed by atoms with Crippen molar-refractivity contribution in [2.75, 3.05) is 20.1 Å². The molecule has 3 unspecified atom stereocenters. The number of likely N-dealkylation sites (N-methyl/N-ethyl adjacent to an activating group) is 1. The number of amides is 1. The van der Waals surface area contributed by atoms with E-state index in [1.807, 2.05) is 7.05 Å². The Balaban J connectivity index is 1.99. The maximum absolute atomic E-state index is 11.6. The molecule has 98 valence electrons. The first-order valence-electron chi connectivity index (χ1n) is 6.80. The maximum Gasteiger partial charge on any atom is 0.237 e. The van der Waals surface area contributed by atoms with Crippen molar-refractivity contribution in [1.82, 2.24) is 10.2 Å². The number of rotatable bonds is 3. The standard InChI is InChI=1S/C13H25N3O/c1-10-4-3-7-16(9-10)11-5-6-13(8-11,15-2)12(14)17/h10-11,15H,3-9H2,1-2H3,(H2,14,17). The smallest absolute Gasteiger partial charge is 0.237 e. The molecule has 4 heteroatoms. The van der Waals surface area contributed by atoms with Gasteiger partial charge >= 0.3 is 0 Å². The van der Waals surface area contributed by atoms with Gasteiger partial charge in [0.15, 0.2) is 0 Å². The molecule has 1 saturated heterocycles. The van der Waals surface area contributed by atoms with Crippen LogP contribution in [0, 0.1) is 5.92 Å². The van der Waals surface area contributed by atoms with Crippen LogP contribution in [0.1, 0.15) is 39.0 Å². The van der Waals surface area contributed by atoms with Crippen LogP contribution in [0.2, 0.25) is 0 Å². The molecule has 4 nitrogen and oxygen atoms in total. The Bertz CT molecular complexity index is 294. The second kappa shape index (κ2) is 4.94. The zero-order valence-corrected chi connectivity index (χ0v) is 11.0. The lowest BCUT2D eigenvalue weighted by Gasteiger charge is -2.36. The highest BCUT2D eigenvalue weighted by Crippen LogP contribution is 2.34. The number of carbonyl (C=O) groups is 1.